The molecule has 0 bridgehead atoms. The standard InChI is InChI=1S/C22H34N4O/c1-7-9-19-21(17-10-12-18(13-11-17)25(5)6)20(22(23)27)16(2)26(19)15-8-14-24(3)4/h10-13H,7-9,14-15H2,1-6H3,(H2,23,27). The summed E-state index contributed by atoms with van der Waals surface area (Å²) in [4.78, 5) is 16.6. The summed E-state index contributed by atoms with van der Waals surface area (Å²) < 4.78 is 2.31. The highest BCUT2D eigenvalue weighted by Crippen LogP contribution is 2.34. The van der Waals surface area contributed by atoms with E-state index >= 15 is 0 Å². The first-order chi connectivity index (χ1) is 12.8. The zero-order valence-electron chi connectivity index (χ0n) is 17.7. The van der Waals surface area contributed by atoms with Crippen LogP contribution in [0.4, 0.5) is 5.69 Å². The third kappa shape index (κ3) is 4.72. The molecule has 148 valence electrons. The average Bonchev–Trinajstić information content (AvgIpc) is 2.87. The maximum atomic E-state index is 12.3. The maximum absolute atomic E-state index is 12.3. The molecule has 0 radical (unpaired) electrons. The fraction of sp³-hybridized carbons (Fsp3) is 0.500. The Morgan fingerprint density at radius 1 is 1.11 bits per heavy atom. The summed E-state index contributed by atoms with van der Waals surface area (Å²) in [5.41, 5.74) is 11.9. The van der Waals surface area contributed by atoms with E-state index in [-0.39, 0.29) is 5.91 Å². The van der Waals surface area contributed by atoms with E-state index in [9.17, 15) is 4.79 Å². The van der Waals surface area contributed by atoms with E-state index in [0.717, 1.165) is 54.9 Å². The van der Waals surface area contributed by atoms with Crippen molar-refractivity contribution >= 4 is 11.6 Å². The van der Waals surface area contributed by atoms with Gasteiger partial charge in [-0.2, -0.15) is 0 Å². The first kappa shape index (κ1) is 21.0. The van der Waals surface area contributed by atoms with Crippen LogP contribution in [0.5, 0.6) is 0 Å². The van der Waals surface area contributed by atoms with E-state index in [0.29, 0.717) is 5.56 Å². The van der Waals surface area contributed by atoms with Gasteiger partial charge in [0.15, 0.2) is 0 Å². The van der Waals surface area contributed by atoms with Gasteiger partial charge in [0.25, 0.3) is 5.91 Å². The molecule has 1 heterocycles. The summed E-state index contributed by atoms with van der Waals surface area (Å²) in [6, 6.07) is 8.38. The molecule has 5 heteroatoms. The van der Waals surface area contributed by atoms with Gasteiger partial charge < -0.3 is 20.1 Å². The molecular weight excluding hydrogens is 336 g/mol. The predicted molar refractivity (Wildman–Crippen MR) is 115 cm³/mol. The molecule has 0 fully saturated rings. The van der Waals surface area contributed by atoms with E-state index in [2.05, 4.69) is 59.7 Å². The summed E-state index contributed by atoms with van der Waals surface area (Å²) in [6.07, 6.45) is 3.00. The maximum Gasteiger partial charge on any atom is 0.251 e. The molecule has 0 aliphatic heterocycles. The Hall–Kier alpha value is -2.27. The Morgan fingerprint density at radius 3 is 2.22 bits per heavy atom. The third-order valence-corrected chi connectivity index (χ3v) is 5.02. The van der Waals surface area contributed by atoms with Crippen molar-refractivity contribution in [2.45, 2.75) is 39.7 Å². The topological polar surface area (TPSA) is 54.5 Å². The fourth-order valence-corrected chi connectivity index (χ4v) is 3.68. The third-order valence-electron chi connectivity index (χ3n) is 5.02. The largest absolute Gasteiger partial charge is 0.378 e. The van der Waals surface area contributed by atoms with Crippen LogP contribution in [0.25, 0.3) is 11.1 Å². The smallest absolute Gasteiger partial charge is 0.251 e. The second-order valence-electron chi connectivity index (χ2n) is 7.65. The summed E-state index contributed by atoms with van der Waals surface area (Å²) in [6.45, 7) is 6.11. The van der Waals surface area contributed by atoms with Crippen LogP contribution >= 0.6 is 0 Å². The highest BCUT2D eigenvalue weighted by molar-refractivity contribution is 6.02. The van der Waals surface area contributed by atoms with Crippen LogP contribution in [0.2, 0.25) is 0 Å². The van der Waals surface area contributed by atoms with Crippen molar-refractivity contribution in [3.8, 4) is 11.1 Å². The van der Waals surface area contributed by atoms with Crippen molar-refractivity contribution < 1.29 is 4.79 Å². The quantitative estimate of drug-likeness (QED) is 0.735. The van der Waals surface area contributed by atoms with Crippen LogP contribution in [0.3, 0.4) is 0 Å². The van der Waals surface area contributed by atoms with Gasteiger partial charge in [0, 0.05) is 43.3 Å². The number of aromatic nitrogens is 1. The normalized spacial score (nSPS) is 11.2. The number of carbonyl (C=O) groups excluding carboxylic acids is 1. The molecule has 0 saturated carbocycles. The molecule has 0 saturated heterocycles. The lowest BCUT2D eigenvalue weighted by atomic mass is 9.97. The van der Waals surface area contributed by atoms with E-state index in [1.165, 1.54) is 5.69 Å². The number of hydrogen-bond acceptors (Lipinski definition) is 3. The SMILES string of the molecule is CCCc1c(-c2ccc(N(C)C)cc2)c(C(N)=O)c(C)n1CCCN(C)C. The van der Waals surface area contributed by atoms with Crippen molar-refractivity contribution in [1.29, 1.82) is 0 Å². The summed E-state index contributed by atoms with van der Waals surface area (Å²) in [5.74, 6) is -0.345. The Bertz CT molecular complexity index is 773. The minimum absolute atomic E-state index is 0.345. The molecule has 1 amide bonds. The van der Waals surface area contributed by atoms with Crippen molar-refractivity contribution in [3.63, 3.8) is 0 Å². The molecule has 2 aromatic rings. The van der Waals surface area contributed by atoms with Crippen LogP contribution in [0.1, 0.15) is 41.5 Å². The molecule has 0 aliphatic rings. The molecule has 1 aromatic carbocycles. The van der Waals surface area contributed by atoms with Crippen LogP contribution < -0.4 is 10.6 Å². The monoisotopic (exact) mass is 370 g/mol. The van der Waals surface area contributed by atoms with Gasteiger partial charge in [0.1, 0.15) is 0 Å². The number of anilines is 1. The first-order valence-corrected chi connectivity index (χ1v) is 9.72. The molecule has 0 unspecified atom stereocenters. The Morgan fingerprint density at radius 2 is 1.74 bits per heavy atom. The summed E-state index contributed by atoms with van der Waals surface area (Å²) >= 11 is 0. The van der Waals surface area contributed by atoms with Gasteiger partial charge in [-0.3, -0.25) is 4.79 Å². The summed E-state index contributed by atoms with van der Waals surface area (Å²) in [7, 11) is 8.22. The van der Waals surface area contributed by atoms with Gasteiger partial charge in [-0.05, 0) is 58.1 Å². The number of rotatable bonds is 9. The number of benzene rings is 1. The lowest BCUT2D eigenvalue weighted by molar-refractivity contribution is 0.1000. The van der Waals surface area contributed by atoms with Crippen LogP contribution in [-0.4, -0.2) is 50.1 Å². The van der Waals surface area contributed by atoms with Gasteiger partial charge in [-0.1, -0.05) is 25.5 Å². The number of carbonyl (C=O) groups is 1. The molecule has 27 heavy (non-hydrogen) atoms. The first-order valence-electron chi connectivity index (χ1n) is 9.72. The van der Waals surface area contributed by atoms with Gasteiger partial charge >= 0.3 is 0 Å². The van der Waals surface area contributed by atoms with Gasteiger partial charge in [0.2, 0.25) is 0 Å². The fourth-order valence-electron chi connectivity index (χ4n) is 3.68. The Labute approximate surface area is 163 Å². The van der Waals surface area contributed by atoms with Crippen molar-refractivity contribution in [2.24, 2.45) is 5.73 Å². The average molecular weight is 371 g/mol. The molecule has 2 N–H and O–H groups in total. The number of nitrogens with zero attached hydrogens (tertiary/aromatic N) is 3. The molecule has 2 rings (SSSR count). The summed E-state index contributed by atoms with van der Waals surface area (Å²) in [5, 5.41) is 0. The van der Waals surface area contributed by atoms with Gasteiger partial charge in [-0.25, -0.2) is 0 Å². The van der Waals surface area contributed by atoms with Crippen LogP contribution in [-0.2, 0) is 13.0 Å². The van der Waals surface area contributed by atoms with Crippen molar-refractivity contribution in [2.75, 3.05) is 39.6 Å². The van der Waals surface area contributed by atoms with E-state index < -0.39 is 0 Å². The predicted octanol–water partition coefficient (Wildman–Crippen LogP) is 3.53. The molecule has 0 atom stereocenters. The molecule has 5 nitrogen and oxygen atoms in total. The number of primary amides is 1. The second kappa shape index (κ2) is 9.09. The minimum Gasteiger partial charge on any atom is -0.378 e. The second-order valence-corrected chi connectivity index (χ2v) is 7.65. The zero-order chi connectivity index (χ0) is 20.1. The van der Waals surface area contributed by atoms with E-state index in [1.54, 1.807) is 0 Å². The van der Waals surface area contributed by atoms with Crippen molar-refractivity contribution in [1.82, 2.24) is 9.47 Å². The van der Waals surface area contributed by atoms with Crippen LogP contribution in [0.15, 0.2) is 24.3 Å². The molecular formula is C22H34N4O. The molecule has 0 aliphatic carbocycles. The highest BCUT2D eigenvalue weighted by atomic mass is 16.1. The Balaban J connectivity index is 2.57. The number of nitrogens with two attached hydrogens (primary N) is 1. The number of amides is 1. The van der Waals surface area contributed by atoms with Gasteiger partial charge in [0.05, 0.1) is 5.56 Å². The van der Waals surface area contributed by atoms with E-state index in [4.69, 9.17) is 5.73 Å². The van der Waals surface area contributed by atoms with Crippen molar-refractivity contribution in [3.05, 3.63) is 41.2 Å². The Kier molecular flexibility index (Phi) is 7.08. The lowest BCUT2D eigenvalue weighted by Gasteiger charge is -2.15. The lowest BCUT2D eigenvalue weighted by Crippen LogP contribution is -2.17. The van der Waals surface area contributed by atoms with E-state index in [1.807, 2.05) is 21.0 Å². The highest BCUT2D eigenvalue weighted by Gasteiger charge is 2.24. The zero-order valence-corrected chi connectivity index (χ0v) is 17.7. The van der Waals surface area contributed by atoms with Gasteiger partial charge in [-0.15, -0.1) is 0 Å². The molecule has 0 spiro atoms. The molecule has 1 aromatic heterocycles. The van der Waals surface area contributed by atoms with Crippen LogP contribution in [0, 0.1) is 6.92 Å². The number of hydrogen-bond donors (Lipinski definition) is 1. The minimum atomic E-state index is -0.345.